The molecule has 1 rings (SSSR count). The second-order valence-corrected chi connectivity index (χ2v) is 5.04. The maximum absolute atomic E-state index is 12.0. The fourth-order valence-corrected chi connectivity index (χ4v) is 1.93. The molecule has 0 aliphatic carbocycles. The van der Waals surface area contributed by atoms with Gasteiger partial charge in [0, 0.05) is 23.5 Å². The molecule has 0 radical (unpaired) electrons. The standard InChI is InChI=1S/C12H17N3O3S/c1-8(13)5-6-14-12(16)10-7-9(19-2)3-4-11(10)15(17)18/h3-4,7-8H,5-6,13H2,1-2H3,(H,14,16). The Morgan fingerprint density at radius 1 is 1.58 bits per heavy atom. The molecule has 0 bridgehead atoms. The molecule has 0 saturated carbocycles. The number of amides is 1. The van der Waals surface area contributed by atoms with Crippen LogP contribution in [-0.4, -0.2) is 29.7 Å². The largest absolute Gasteiger partial charge is 0.352 e. The van der Waals surface area contributed by atoms with Gasteiger partial charge in [0.05, 0.1) is 4.92 Å². The number of nitro benzene ring substituents is 1. The number of rotatable bonds is 6. The highest BCUT2D eigenvalue weighted by Crippen LogP contribution is 2.24. The maximum atomic E-state index is 12.0. The number of nitrogens with zero attached hydrogens (tertiary/aromatic N) is 1. The van der Waals surface area contributed by atoms with Crippen LogP contribution in [0.5, 0.6) is 0 Å². The van der Waals surface area contributed by atoms with E-state index in [1.807, 2.05) is 13.2 Å². The molecule has 1 aromatic carbocycles. The van der Waals surface area contributed by atoms with Gasteiger partial charge in [-0.25, -0.2) is 0 Å². The van der Waals surface area contributed by atoms with Crippen molar-refractivity contribution < 1.29 is 9.72 Å². The van der Waals surface area contributed by atoms with E-state index in [-0.39, 0.29) is 17.3 Å². The van der Waals surface area contributed by atoms with Crippen molar-refractivity contribution in [1.82, 2.24) is 5.32 Å². The minimum atomic E-state index is -0.551. The highest BCUT2D eigenvalue weighted by atomic mass is 32.2. The number of carbonyl (C=O) groups excluding carboxylic acids is 1. The highest BCUT2D eigenvalue weighted by molar-refractivity contribution is 7.98. The fourth-order valence-electron chi connectivity index (χ4n) is 1.49. The Hall–Kier alpha value is -1.60. The van der Waals surface area contributed by atoms with E-state index >= 15 is 0 Å². The third-order valence-corrected chi connectivity index (χ3v) is 3.26. The van der Waals surface area contributed by atoms with Crippen molar-refractivity contribution in [3.63, 3.8) is 0 Å². The Bertz CT molecular complexity index is 477. The van der Waals surface area contributed by atoms with Gasteiger partial charge in [-0.15, -0.1) is 11.8 Å². The van der Waals surface area contributed by atoms with Gasteiger partial charge in [-0.3, -0.25) is 14.9 Å². The second-order valence-electron chi connectivity index (χ2n) is 4.16. The minimum absolute atomic E-state index is 0.0205. The molecule has 0 aliphatic rings. The van der Waals surface area contributed by atoms with Crippen molar-refractivity contribution >= 4 is 23.4 Å². The number of hydrogen-bond acceptors (Lipinski definition) is 5. The van der Waals surface area contributed by atoms with Gasteiger partial charge in [0.2, 0.25) is 0 Å². The van der Waals surface area contributed by atoms with E-state index in [1.54, 1.807) is 6.07 Å². The van der Waals surface area contributed by atoms with E-state index in [1.165, 1.54) is 23.9 Å². The zero-order valence-corrected chi connectivity index (χ0v) is 11.7. The van der Waals surface area contributed by atoms with E-state index in [9.17, 15) is 14.9 Å². The number of nitrogens with one attached hydrogen (secondary N) is 1. The summed E-state index contributed by atoms with van der Waals surface area (Å²) >= 11 is 1.43. The SMILES string of the molecule is CSc1ccc([N+](=O)[O-])c(C(=O)NCCC(C)N)c1. The van der Waals surface area contributed by atoms with Crippen molar-refractivity contribution in [1.29, 1.82) is 0 Å². The van der Waals surface area contributed by atoms with E-state index in [2.05, 4.69) is 5.32 Å². The first-order chi connectivity index (χ1) is 8.95. The Balaban J connectivity index is 2.89. The van der Waals surface area contributed by atoms with Crippen molar-refractivity contribution in [2.75, 3.05) is 12.8 Å². The van der Waals surface area contributed by atoms with Gasteiger partial charge < -0.3 is 11.1 Å². The topological polar surface area (TPSA) is 98.3 Å². The number of hydrogen-bond donors (Lipinski definition) is 2. The molecule has 7 heteroatoms. The summed E-state index contributed by atoms with van der Waals surface area (Å²) in [6, 6.07) is 4.49. The first kappa shape index (κ1) is 15.5. The molecule has 1 atom stereocenters. The number of nitrogens with two attached hydrogens (primary N) is 1. The number of nitro groups is 1. The Morgan fingerprint density at radius 2 is 2.26 bits per heavy atom. The molecule has 1 aromatic rings. The van der Waals surface area contributed by atoms with Crippen LogP contribution >= 0.6 is 11.8 Å². The van der Waals surface area contributed by atoms with Gasteiger partial charge in [0.15, 0.2) is 0 Å². The lowest BCUT2D eigenvalue weighted by Gasteiger charge is -2.08. The van der Waals surface area contributed by atoms with Crippen LogP contribution in [0.2, 0.25) is 0 Å². The monoisotopic (exact) mass is 283 g/mol. The van der Waals surface area contributed by atoms with Crippen LogP contribution in [0.15, 0.2) is 23.1 Å². The molecule has 1 amide bonds. The normalized spacial score (nSPS) is 11.9. The first-order valence-corrected chi connectivity index (χ1v) is 7.04. The molecule has 1 unspecified atom stereocenters. The average Bonchev–Trinajstić information content (AvgIpc) is 2.37. The van der Waals surface area contributed by atoms with Gasteiger partial charge in [-0.2, -0.15) is 0 Å². The van der Waals surface area contributed by atoms with Crippen LogP contribution in [0.4, 0.5) is 5.69 Å². The Morgan fingerprint density at radius 3 is 2.79 bits per heavy atom. The fraction of sp³-hybridized carbons (Fsp3) is 0.417. The zero-order valence-electron chi connectivity index (χ0n) is 10.9. The third-order valence-electron chi connectivity index (χ3n) is 2.53. The molecule has 3 N–H and O–H groups in total. The highest BCUT2D eigenvalue weighted by Gasteiger charge is 2.20. The third kappa shape index (κ3) is 4.53. The minimum Gasteiger partial charge on any atom is -0.352 e. The molecule has 6 nitrogen and oxygen atoms in total. The molecular formula is C12H17N3O3S. The molecular weight excluding hydrogens is 266 g/mol. The molecule has 0 heterocycles. The van der Waals surface area contributed by atoms with Gasteiger partial charge >= 0.3 is 0 Å². The smallest absolute Gasteiger partial charge is 0.282 e. The summed E-state index contributed by atoms with van der Waals surface area (Å²) in [7, 11) is 0. The summed E-state index contributed by atoms with van der Waals surface area (Å²) in [5, 5.41) is 13.6. The van der Waals surface area contributed by atoms with Crippen molar-refractivity contribution in [3.05, 3.63) is 33.9 Å². The predicted molar refractivity (Wildman–Crippen MR) is 75.5 cm³/mol. The van der Waals surface area contributed by atoms with Crippen LogP contribution in [0, 0.1) is 10.1 Å². The van der Waals surface area contributed by atoms with Crippen LogP contribution < -0.4 is 11.1 Å². The summed E-state index contributed by atoms with van der Waals surface area (Å²) in [4.78, 5) is 23.1. The van der Waals surface area contributed by atoms with Crippen LogP contribution in [-0.2, 0) is 0 Å². The molecule has 0 saturated heterocycles. The molecule has 0 spiro atoms. The molecule has 0 aromatic heterocycles. The van der Waals surface area contributed by atoms with E-state index < -0.39 is 10.8 Å². The first-order valence-electron chi connectivity index (χ1n) is 5.82. The number of carbonyl (C=O) groups is 1. The Labute approximate surface area is 115 Å². The molecule has 0 aliphatic heterocycles. The summed E-state index contributed by atoms with van der Waals surface area (Å²) in [5.41, 5.74) is 5.48. The molecule has 19 heavy (non-hydrogen) atoms. The summed E-state index contributed by atoms with van der Waals surface area (Å²) in [6.07, 6.45) is 2.47. The second kappa shape index (κ2) is 7.10. The number of thioether (sulfide) groups is 1. The van der Waals surface area contributed by atoms with Gasteiger partial charge in [-0.05, 0) is 31.7 Å². The van der Waals surface area contributed by atoms with E-state index in [0.717, 1.165) is 4.90 Å². The van der Waals surface area contributed by atoms with Crippen LogP contribution in [0.1, 0.15) is 23.7 Å². The average molecular weight is 283 g/mol. The zero-order chi connectivity index (χ0) is 14.4. The molecule has 104 valence electrons. The number of benzene rings is 1. The van der Waals surface area contributed by atoms with Crippen molar-refractivity contribution in [3.8, 4) is 0 Å². The van der Waals surface area contributed by atoms with Crippen LogP contribution in [0.3, 0.4) is 0 Å². The summed E-state index contributed by atoms with van der Waals surface area (Å²) in [6.45, 7) is 2.24. The lowest BCUT2D eigenvalue weighted by atomic mass is 10.1. The lowest BCUT2D eigenvalue weighted by molar-refractivity contribution is -0.385. The van der Waals surface area contributed by atoms with Crippen molar-refractivity contribution in [2.45, 2.75) is 24.3 Å². The quantitative estimate of drug-likeness (QED) is 0.471. The Kier molecular flexibility index (Phi) is 5.78. The van der Waals surface area contributed by atoms with Gasteiger partial charge in [-0.1, -0.05) is 0 Å². The lowest BCUT2D eigenvalue weighted by Crippen LogP contribution is -2.29. The maximum Gasteiger partial charge on any atom is 0.282 e. The van der Waals surface area contributed by atoms with E-state index in [0.29, 0.717) is 13.0 Å². The van der Waals surface area contributed by atoms with Gasteiger partial charge in [0.1, 0.15) is 5.56 Å². The van der Waals surface area contributed by atoms with Crippen LogP contribution in [0.25, 0.3) is 0 Å². The van der Waals surface area contributed by atoms with E-state index in [4.69, 9.17) is 5.73 Å². The summed E-state index contributed by atoms with van der Waals surface area (Å²) in [5.74, 6) is -0.441. The predicted octanol–water partition coefficient (Wildman–Crippen LogP) is 1.78. The summed E-state index contributed by atoms with van der Waals surface area (Å²) < 4.78 is 0. The van der Waals surface area contributed by atoms with Gasteiger partial charge in [0.25, 0.3) is 11.6 Å². The van der Waals surface area contributed by atoms with Crippen molar-refractivity contribution in [2.24, 2.45) is 5.73 Å². The molecule has 0 fully saturated rings.